The second-order valence-electron chi connectivity index (χ2n) is 27.5. The predicted molar refractivity (Wildman–Crippen MR) is 435 cm³/mol. The minimum Gasteiger partial charge on any atom is -0.461 e. The minimum atomic E-state index is -4.46. The first-order valence-corrected chi connectivity index (χ1v) is 51.8. The average molecular weight is 1800 g/mol. The van der Waals surface area contributed by atoms with Crippen LogP contribution in [0.4, 0.5) is 0 Å². The van der Waals surface area contributed by atoms with Gasteiger partial charge in [-0.1, -0.05) is 77.2 Å². The lowest BCUT2D eigenvalue weighted by molar-refractivity contribution is -0.870. The van der Waals surface area contributed by atoms with Gasteiger partial charge in [0, 0.05) is 114 Å². The quantitative estimate of drug-likeness (QED) is 0.00868. The fourth-order valence-electron chi connectivity index (χ4n) is 8.17. The van der Waals surface area contributed by atoms with E-state index in [1.165, 1.54) is 43.6 Å². The molecular weight excluding hydrogens is 1670 g/mol. The number of hydrogen-bond acceptors (Lipinski definition) is 26. The number of phosphoric ester groups is 1. The Kier molecular flexibility index (Phi) is 59.3. The van der Waals surface area contributed by atoms with E-state index in [9.17, 15) is 89.7 Å². The molecular formula is C64H127N7O33P9+. The highest BCUT2D eigenvalue weighted by Crippen LogP contribution is 2.45. The number of carbonyl (C=O) groups excluding carboxylic acids is 5. The van der Waals surface area contributed by atoms with Crippen molar-refractivity contribution in [3.8, 4) is 0 Å². The number of aliphatic hydroxyl groups is 1. The van der Waals surface area contributed by atoms with Crippen LogP contribution in [-0.2, 0) is 99.4 Å². The zero-order chi connectivity index (χ0) is 88.3. The van der Waals surface area contributed by atoms with Crippen LogP contribution in [0.25, 0.3) is 6.08 Å². The number of ketones is 1. The molecule has 1 fully saturated rings. The summed E-state index contributed by atoms with van der Waals surface area (Å²) < 4.78 is 129. The predicted octanol–water partition coefficient (Wildman–Crippen LogP) is 6.16. The summed E-state index contributed by atoms with van der Waals surface area (Å²) in [5, 5.41) is 12.4. The largest absolute Gasteiger partial charge is 0.472 e. The van der Waals surface area contributed by atoms with Gasteiger partial charge in [0.25, 0.3) is 0 Å². The third-order valence-corrected chi connectivity index (χ3v) is 20.5. The van der Waals surface area contributed by atoms with Gasteiger partial charge in [-0.25, -0.2) is 18.9 Å². The highest BCUT2D eigenvalue weighted by atomic mass is 31.2. The number of quaternary nitrogens is 1. The fraction of sp³-hybridized carbons (Fsp3) is 0.641. The second kappa shape index (κ2) is 56.8. The maximum Gasteiger partial charge on any atom is 0.472 e. The van der Waals surface area contributed by atoms with Crippen molar-refractivity contribution in [1.82, 2.24) is 29.8 Å². The van der Waals surface area contributed by atoms with Crippen molar-refractivity contribution >= 4 is 103 Å². The van der Waals surface area contributed by atoms with Crippen LogP contribution in [0.15, 0.2) is 91.6 Å². The number of Topliss-reactive ketones (excluding diaryl/α,β-unsaturated/α-hetero) is 1. The Bertz CT molecular complexity index is 3550. The number of ether oxygens (including phenoxy) is 3. The van der Waals surface area contributed by atoms with E-state index < -0.39 is 123 Å². The number of aliphatic hydroxyl groups excluding tert-OH is 1. The number of rotatable bonds is 46. The summed E-state index contributed by atoms with van der Waals surface area (Å²) in [4.78, 5) is 172. The molecule has 0 saturated carbocycles. The highest BCUT2D eigenvalue weighted by Gasteiger charge is 2.30. The standard InChI is InChI=1S/C12H19NO5P2.C11H21N2O4P.C11H23NO6P2.C11H22NO6P.C10H21NO8P2.C8H16NO4P.CH4/c1-3-11-4-6-12(7-5-11)8-13(9-19(2,14)15)10-20(16,17)18;1-10(2)11(14)13-6-4-12(5-7-13)8-9-17-18(3,15)16;1-10(2)11(13)6-4-5-7-12(8-19(3,14)15)9-20(16,17)18;1-10(2)11(13)16-8-9-18-19(14,15)17-7-6-12(3,4)5;1-8(2)10(13)19-5-9(12)4-11(6-20(3,14)15)7-21(16,17)18;1-7(2)8(10)13-5-4-9-6-14(3,11)12;/h3-7H,1,8-10H2,2H3,(H,14,15)(H2,16,17,18);1,4-9H2,2-3H3,(H,15,16);1,4-9H2,2-3H3,(H,14,15)(H2,16,17,18);1,6-9H2,2-5H3;9,12H,1,4-7H2,2-3H3,(H,14,15)(H2,16,17,18);9H,1,4-6H2,2-3H3,(H,11,12);1H4/p+1. The number of carbonyl (C=O) groups is 5. The lowest BCUT2D eigenvalue weighted by Crippen LogP contribution is -2.49. The first kappa shape index (κ1) is 118. The molecule has 2 rings (SSSR count). The van der Waals surface area contributed by atoms with E-state index >= 15 is 0 Å². The summed E-state index contributed by atoms with van der Waals surface area (Å²) in [6.07, 6.45) is -1.08. The number of hydrogen-bond donors (Lipinski definition) is 14. The molecule has 1 aliphatic heterocycles. The van der Waals surface area contributed by atoms with Gasteiger partial charge in [-0.05, 0) is 70.7 Å². The summed E-state index contributed by atoms with van der Waals surface area (Å²) >= 11 is 0. The molecule has 7 unspecified atom stereocenters. The van der Waals surface area contributed by atoms with E-state index in [0.29, 0.717) is 73.2 Å². The van der Waals surface area contributed by atoms with Crippen molar-refractivity contribution in [2.45, 2.75) is 74.0 Å². The van der Waals surface area contributed by atoms with E-state index in [0.717, 1.165) is 42.4 Å². The SMILES string of the molecule is C.C=C(C)C(=O)CCCCN(CP(C)(=O)O)CP(=O)(O)O.C=C(C)C(=O)N1CCN(CCOP(C)(=O)O)CC1.C=C(C)C(=O)OCC(O)CN(CP(C)(=O)O)CP(=O)(O)O.C=C(C)C(=O)OCCNCP(C)(=O)O.C=C(C)C(=O)OCCOP(=O)(O)OCC[N+](C)(C)C.C=Cc1ccc(CN(CP(C)(=O)O)CP(=O)(O)O)cc1. The van der Waals surface area contributed by atoms with Crippen molar-refractivity contribution in [3.05, 3.63) is 103 Å². The zero-order valence-corrected chi connectivity index (χ0v) is 74.3. The number of piperazine rings is 1. The lowest BCUT2D eigenvalue weighted by atomic mass is 10.1. The van der Waals surface area contributed by atoms with Crippen molar-refractivity contribution in [1.29, 1.82) is 0 Å². The summed E-state index contributed by atoms with van der Waals surface area (Å²) in [5.74, 6) is -1.77. The van der Waals surface area contributed by atoms with Gasteiger partial charge in [0.15, 0.2) is 5.78 Å². The Labute approximate surface area is 665 Å². The Balaban J connectivity index is -0.000000414. The van der Waals surface area contributed by atoms with E-state index in [4.69, 9.17) is 57.7 Å². The van der Waals surface area contributed by atoms with Gasteiger partial charge >= 0.3 is 56.1 Å². The topological polar surface area (TPSA) is 586 Å². The molecule has 660 valence electrons. The van der Waals surface area contributed by atoms with Crippen LogP contribution in [0.2, 0.25) is 0 Å². The maximum absolute atomic E-state index is 11.7. The monoisotopic (exact) mass is 1800 g/mol. The van der Waals surface area contributed by atoms with Gasteiger partial charge < -0.3 is 97.3 Å². The smallest absolute Gasteiger partial charge is 0.461 e. The number of esters is 3. The van der Waals surface area contributed by atoms with Gasteiger partial charge in [0.1, 0.15) is 57.9 Å². The van der Waals surface area contributed by atoms with Crippen molar-refractivity contribution < 1.29 is 161 Å². The summed E-state index contributed by atoms with van der Waals surface area (Å²) in [7, 11) is -28.0. The van der Waals surface area contributed by atoms with Crippen LogP contribution in [-0.4, -0.2) is 326 Å². The van der Waals surface area contributed by atoms with E-state index in [-0.39, 0.29) is 102 Å². The van der Waals surface area contributed by atoms with Gasteiger partial charge in [0.05, 0.1) is 59.5 Å². The average Bonchev–Trinajstić information content (AvgIpc) is 0.888. The Morgan fingerprint density at radius 1 is 0.531 bits per heavy atom. The van der Waals surface area contributed by atoms with Crippen LogP contribution in [0, 0.1) is 0 Å². The van der Waals surface area contributed by atoms with Crippen molar-refractivity contribution in [2.24, 2.45) is 0 Å². The van der Waals surface area contributed by atoms with Crippen LogP contribution in [0.3, 0.4) is 0 Å². The molecule has 1 aromatic carbocycles. The highest BCUT2D eigenvalue weighted by molar-refractivity contribution is 7.58. The molecule has 0 bridgehead atoms. The van der Waals surface area contributed by atoms with Gasteiger partial charge in [0.2, 0.25) is 35.4 Å². The first-order chi connectivity index (χ1) is 50.4. The number of likely N-dealkylation sites (N-methyl/N-ethyl adjacent to an activating group) is 1. The number of amides is 1. The molecule has 1 amide bonds. The van der Waals surface area contributed by atoms with Crippen LogP contribution < -0.4 is 5.32 Å². The Morgan fingerprint density at radius 2 is 0.956 bits per heavy atom. The molecule has 40 nitrogen and oxygen atoms in total. The normalized spacial score (nSPS) is 15.9. The van der Waals surface area contributed by atoms with Crippen LogP contribution in [0.5, 0.6) is 0 Å². The third-order valence-electron chi connectivity index (χ3n) is 13.0. The van der Waals surface area contributed by atoms with E-state index in [1.807, 2.05) is 33.3 Å². The summed E-state index contributed by atoms with van der Waals surface area (Å²) in [6.45, 7) is 38.8. The molecule has 0 radical (unpaired) electrons. The third kappa shape index (κ3) is 79.3. The second-order valence-corrected chi connectivity index (χ2v) is 45.2. The molecule has 0 aromatic heterocycles. The maximum atomic E-state index is 11.7. The van der Waals surface area contributed by atoms with E-state index in [2.05, 4.69) is 59.0 Å². The fourth-order valence-corrected chi connectivity index (χ4v) is 15.4. The summed E-state index contributed by atoms with van der Waals surface area (Å²) in [5.41, 5.74) is 3.50. The van der Waals surface area contributed by atoms with Crippen LogP contribution in [0.1, 0.15) is 72.4 Å². The molecule has 0 spiro atoms. The number of allylic oxidation sites excluding steroid dienone is 1. The van der Waals surface area contributed by atoms with E-state index in [1.54, 1.807) is 43.9 Å². The van der Waals surface area contributed by atoms with Crippen LogP contribution >= 0.6 is 67.7 Å². The first-order valence-electron chi connectivity index (χ1n) is 33.7. The number of unbranched alkanes of at least 4 members (excludes halogenated alkanes) is 1. The zero-order valence-electron chi connectivity index (χ0n) is 66.3. The molecule has 1 heterocycles. The van der Waals surface area contributed by atoms with Gasteiger partial charge in [-0.3, -0.25) is 74.8 Å². The molecule has 113 heavy (non-hydrogen) atoms. The number of benzene rings is 1. The Hall–Kier alpha value is -3.60. The molecule has 7 atom stereocenters. The molecule has 1 saturated heterocycles. The minimum absolute atomic E-state index is 0. The van der Waals surface area contributed by atoms with Crippen molar-refractivity contribution in [2.75, 3.05) is 197 Å². The molecule has 1 aromatic rings. The molecule has 1 aliphatic rings. The number of phosphoric acid groups is 1. The molecule has 14 N–H and O–H groups in total. The molecule has 49 heteroatoms. The summed E-state index contributed by atoms with van der Waals surface area (Å²) in [6, 6.07) is 7.23. The molecule has 0 aliphatic carbocycles. The van der Waals surface area contributed by atoms with Gasteiger partial charge in [-0.15, -0.1) is 0 Å². The van der Waals surface area contributed by atoms with Gasteiger partial charge in [-0.2, -0.15) is 0 Å². The Morgan fingerprint density at radius 3 is 1.36 bits per heavy atom. The lowest BCUT2D eigenvalue weighted by Gasteiger charge is -2.34. The number of nitrogens with one attached hydrogen (secondary N) is 1. The number of nitrogens with zero attached hydrogens (tertiary/aromatic N) is 6. The van der Waals surface area contributed by atoms with Crippen molar-refractivity contribution in [3.63, 3.8) is 0 Å².